The summed E-state index contributed by atoms with van der Waals surface area (Å²) in [5.74, 6) is 0.00444. The molecule has 3 aromatic carbocycles. The van der Waals surface area contributed by atoms with Crippen molar-refractivity contribution in [2.75, 3.05) is 0 Å². The Kier molecular flexibility index (Phi) is 8.88. The smallest absolute Gasteiger partial charge is 0.303 e. The Morgan fingerprint density at radius 3 is 1.75 bits per heavy atom. The Morgan fingerprint density at radius 2 is 1.25 bits per heavy atom. The first-order valence-electron chi connectivity index (χ1n) is 11.0. The summed E-state index contributed by atoms with van der Waals surface area (Å²) < 4.78 is 11.9. The van der Waals surface area contributed by atoms with Gasteiger partial charge in [0.1, 0.15) is 0 Å². The molecule has 0 radical (unpaired) electrons. The van der Waals surface area contributed by atoms with E-state index in [1.54, 1.807) is 6.26 Å². The van der Waals surface area contributed by atoms with Gasteiger partial charge in [0.25, 0.3) is 0 Å². The third-order valence-electron chi connectivity index (χ3n) is 5.25. The Hall–Kier alpha value is -3.59. The minimum atomic E-state index is -0.558. The third kappa shape index (κ3) is 6.71. The van der Waals surface area contributed by atoms with Crippen molar-refractivity contribution in [3.8, 4) is 0 Å². The van der Waals surface area contributed by atoms with E-state index >= 15 is 0 Å². The van der Waals surface area contributed by atoms with Gasteiger partial charge in [0.15, 0.2) is 12.2 Å². The number of rotatable bonds is 10. The molecule has 0 aliphatic heterocycles. The van der Waals surface area contributed by atoms with Gasteiger partial charge >= 0.3 is 5.97 Å². The van der Waals surface area contributed by atoms with Gasteiger partial charge in [0.05, 0.1) is 6.26 Å². The van der Waals surface area contributed by atoms with E-state index in [0.29, 0.717) is 5.92 Å². The zero-order valence-electron chi connectivity index (χ0n) is 18.6. The highest BCUT2D eigenvalue weighted by Crippen LogP contribution is 2.35. The standard InChI is InChI=1S/C29H30O3/c1-3-24(25-16-7-4-8-17-25)15-13-14-22-31-28(26-18-9-5-10-19-26)29(32-23(2)30)27-20-11-6-12-21-27/h4-22,24,28-29H,3H2,1-2H3/b15-13+,22-14+/t24-,28-,29-/m1/s1. The lowest BCUT2D eigenvalue weighted by molar-refractivity contribution is -0.153. The molecule has 0 aromatic heterocycles. The summed E-state index contributed by atoms with van der Waals surface area (Å²) >= 11 is 0. The highest BCUT2D eigenvalue weighted by Gasteiger charge is 2.28. The summed E-state index contributed by atoms with van der Waals surface area (Å²) in [6.07, 6.45) is 7.73. The maximum atomic E-state index is 11.9. The maximum absolute atomic E-state index is 11.9. The lowest BCUT2D eigenvalue weighted by atomic mass is 9.96. The average Bonchev–Trinajstić information content (AvgIpc) is 2.84. The Morgan fingerprint density at radius 1 is 0.750 bits per heavy atom. The quantitative estimate of drug-likeness (QED) is 0.194. The fraction of sp³-hybridized carbons (Fsp3) is 0.207. The normalized spacial score (nSPS) is 14.2. The molecule has 0 unspecified atom stereocenters. The molecule has 3 rings (SSSR count). The minimum absolute atomic E-state index is 0.346. The molecule has 0 heterocycles. The van der Waals surface area contributed by atoms with E-state index in [0.717, 1.165) is 17.5 Å². The molecule has 0 saturated heterocycles. The van der Waals surface area contributed by atoms with Crippen LogP contribution in [0, 0.1) is 0 Å². The topological polar surface area (TPSA) is 35.5 Å². The summed E-state index contributed by atoms with van der Waals surface area (Å²) in [6.45, 7) is 3.60. The van der Waals surface area contributed by atoms with Gasteiger partial charge in [-0.3, -0.25) is 4.79 Å². The van der Waals surface area contributed by atoms with Crippen LogP contribution in [-0.4, -0.2) is 5.97 Å². The van der Waals surface area contributed by atoms with Crippen molar-refractivity contribution < 1.29 is 14.3 Å². The molecule has 0 saturated carbocycles. The summed E-state index contributed by atoms with van der Waals surface area (Å²) in [7, 11) is 0. The van der Waals surface area contributed by atoms with Gasteiger partial charge < -0.3 is 9.47 Å². The van der Waals surface area contributed by atoms with Crippen LogP contribution in [0.5, 0.6) is 0 Å². The third-order valence-corrected chi connectivity index (χ3v) is 5.25. The van der Waals surface area contributed by atoms with E-state index in [9.17, 15) is 4.79 Å². The van der Waals surface area contributed by atoms with Crippen LogP contribution in [0.4, 0.5) is 0 Å². The van der Waals surface area contributed by atoms with Crippen molar-refractivity contribution in [3.63, 3.8) is 0 Å². The fourth-order valence-electron chi connectivity index (χ4n) is 3.65. The van der Waals surface area contributed by atoms with Crippen molar-refractivity contribution in [2.45, 2.75) is 38.4 Å². The molecule has 0 amide bonds. The lowest BCUT2D eigenvalue weighted by Gasteiger charge is -2.27. The van der Waals surface area contributed by atoms with Gasteiger partial charge in [-0.1, -0.05) is 110 Å². The average molecular weight is 427 g/mol. The number of carbonyl (C=O) groups is 1. The van der Waals surface area contributed by atoms with E-state index in [1.807, 2.05) is 78.9 Å². The second-order valence-corrected chi connectivity index (χ2v) is 7.55. The number of hydrogen-bond acceptors (Lipinski definition) is 3. The largest absolute Gasteiger partial charge is 0.489 e. The zero-order valence-corrected chi connectivity index (χ0v) is 18.6. The molecular weight excluding hydrogens is 396 g/mol. The number of allylic oxidation sites excluding steroid dienone is 3. The van der Waals surface area contributed by atoms with Gasteiger partial charge in [-0.25, -0.2) is 0 Å². The molecule has 0 fully saturated rings. The molecule has 0 N–H and O–H groups in total. The lowest BCUT2D eigenvalue weighted by Crippen LogP contribution is -2.18. The molecule has 3 heteroatoms. The highest BCUT2D eigenvalue weighted by atomic mass is 16.6. The Bertz CT molecular complexity index is 994. The van der Waals surface area contributed by atoms with Crippen LogP contribution < -0.4 is 0 Å². The minimum Gasteiger partial charge on any atom is -0.489 e. The van der Waals surface area contributed by atoms with E-state index < -0.39 is 12.2 Å². The molecule has 164 valence electrons. The van der Waals surface area contributed by atoms with Crippen LogP contribution in [0.1, 0.15) is 55.1 Å². The van der Waals surface area contributed by atoms with Crippen LogP contribution >= 0.6 is 0 Å². The van der Waals surface area contributed by atoms with Crippen molar-refractivity contribution in [1.29, 1.82) is 0 Å². The van der Waals surface area contributed by atoms with Gasteiger partial charge in [-0.05, 0) is 29.2 Å². The number of carbonyl (C=O) groups excluding carboxylic acids is 1. The molecule has 0 aliphatic rings. The molecule has 32 heavy (non-hydrogen) atoms. The first-order chi connectivity index (χ1) is 15.7. The predicted molar refractivity (Wildman–Crippen MR) is 129 cm³/mol. The molecular formula is C29H30O3. The predicted octanol–water partition coefficient (Wildman–Crippen LogP) is 7.31. The first-order valence-corrected chi connectivity index (χ1v) is 11.0. The Labute approximate surface area is 191 Å². The highest BCUT2D eigenvalue weighted by molar-refractivity contribution is 5.66. The fourth-order valence-corrected chi connectivity index (χ4v) is 3.65. The number of benzene rings is 3. The number of hydrogen-bond donors (Lipinski definition) is 0. The van der Waals surface area contributed by atoms with E-state index in [4.69, 9.17) is 9.47 Å². The van der Waals surface area contributed by atoms with E-state index in [1.165, 1.54) is 12.5 Å². The van der Waals surface area contributed by atoms with Crippen molar-refractivity contribution >= 4 is 5.97 Å². The van der Waals surface area contributed by atoms with Crippen molar-refractivity contribution in [1.82, 2.24) is 0 Å². The first kappa shape index (κ1) is 23.1. The second kappa shape index (κ2) is 12.3. The van der Waals surface area contributed by atoms with Crippen LogP contribution in [0.3, 0.4) is 0 Å². The van der Waals surface area contributed by atoms with Gasteiger partial charge in [0, 0.05) is 12.8 Å². The van der Waals surface area contributed by atoms with E-state index in [-0.39, 0.29) is 5.97 Å². The van der Waals surface area contributed by atoms with Crippen LogP contribution in [0.25, 0.3) is 0 Å². The van der Waals surface area contributed by atoms with Gasteiger partial charge in [-0.2, -0.15) is 0 Å². The maximum Gasteiger partial charge on any atom is 0.303 e. The molecule has 0 bridgehead atoms. The monoisotopic (exact) mass is 426 g/mol. The molecule has 3 atom stereocenters. The van der Waals surface area contributed by atoms with E-state index in [2.05, 4.69) is 37.3 Å². The molecule has 0 aliphatic carbocycles. The molecule has 3 nitrogen and oxygen atoms in total. The second-order valence-electron chi connectivity index (χ2n) is 7.55. The molecule has 3 aromatic rings. The number of esters is 1. The van der Waals surface area contributed by atoms with Gasteiger partial charge in [0.2, 0.25) is 0 Å². The summed E-state index contributed by atoms with van der Waals surface area (Å²) in [6, 6.07) is 30.0. The summed E-state index contributed by atoms with van der Waals surface area (Å²) in [5, 5.41) is 0. The van der Waals surface area contributed by atoms with Crippen molar-refractivity contribution in [2.24, 2.45) is 0 Å². The van der Waals surface area contributed by atoms with Crippen LogP contribution in [0.15, 0.2) is 115 Å². The zero-order chi connectivity index (χ0) is 22.6. The number of ether oxygens (including phenoxy) is 2. The SMILES string of the molecule is CC[C@H](/C=C/C=C/O[C@H](c1ccccc1)[C@H](OC(C)=O)c1ccccc1)c1ccccc1. The van der Waals surface area contributed by atoms with Crippen LogP contribution in [0.2, 0.25) is 0 Å². The van der Waals surface area contributed by atoms with Crippen LogP contribution in [-0.2, 0) is 14.3 Å². The molecule has 0 spiro atoms. The summed E-state index contributed by atoms with van der Waals surface area (Å²) in [4.78, 5) is 11.9. The van der Waals surface area contributed by atoms with Gasteiger partial charge in [-0.15, -0.1) is 0 Å². The van der Waals surface area contributed by atoms with Crippen molar-refractivity contribution in [3.05, 3.63) is 132 Å². The summed E-state index contributed by atoms with van der Waals surface area (Å²) in [5.41, 5.74) is 3.12. The Balaban J connectivity index is 1.79.